The highest BCUT2D eigenvalue weighted by Crippen LogP contribution is 2.30. The number of nitrogens with one attached hydrogen (secondary N) is 2. The van der Waals surface area contributed by atoms with Gasteiger partial charge in [-0.05, 0) is 19.8 Å². The van der Waals surface area contributed by atoms with Crippen LogP contribution in [-0.2, 0) is 0 Å². The summed E-state index contributed by atoms with van der Waals surface area (Å²) in [7, 11) is 0. The largest absolute Gasteiger partial charge is 0.313 e. The van der Waals surface area contributed by atoms with Gasteiger partial charge in [-0.3, -0.25) is 0 Å². The van der Waals surface area contributed by atoms with E-state index in [9.17, 15) is 0 Å². The van der Waals surface area contributed by atoms with E-state index < -0.39 is 0 Å². The molecule has 1 saturated carbocycles. The van der Waals surface area contributed by atoms with Crippen molar-refractivity contribution in [3.8, 4) is 0 Å². The van der Waals surface area contributed by atoms with Crippen molar-refractivity contribution in [3.63, 3.8) is 0 Å². The second kappa shape index (κ2) is 2.76. The number of rotatable bonds is 0. The number of hydrogen-bond donors (Lipinski definition) is 2. The van der Waals surface area contributed by atoms with Gasteiger partial charge in [0.05, 0.1) is 0 Å². The maximum absolute atomic E-state index is 3.73. The molecule has 0 unspecified atom stereocenters. The lowest BCUT2D eigenvalue weighted by molar-refractivity contribution is 0.236. The Hall–Kier alpha value is -0.0800. The van der Waals surface area contributed by atoms with Crippen molar-refractivity contribution in [2.45, 2.75) is 44.2 Å². The standard InChI is InChI=1S/C9H18N2/c1-8-6-10-7-9(11-8)4-2-3-5-9/h8,10-11H,2-7H2,1H3/t8-/m0/s1. The summed E-state index contributed by atoms with van der Waals surface area (Å²) in [6, 6.07) is 0.668. The van der Waals surface area contributed by atoms with Crippen LogP contribution in [0, 0.1) is 0 Å². The molecule has 1 aliphatic heterocycles. The van der Waals surface area contributed by atoms with Gasteiger partial charge in [0, 0.05) is 24.7 Å². The highest BCUT2D eigenvalue weighted by molar-refractivity contribution is 4.99. The lowest BCUT2D eigenvalue weighted by Crippen LogP contribution is -2.61. The van der Waals surface area contributed by atoms with Crippen LogP contribution in [0.25, 0.3) is 0 Å². The summed E-state index contributed by atoms with van der Waals surface area (Å²) in [5.41, 5.74) is 0.484. The first-order chi connectivity index (χ1) is 5.31. The van der Waals surface area contributed by atoms with E-state index in [4.69, 9.17) is 0 Å². The molecule has 0 aromatic heterocycles. The fraction of sp³-hybridized carbons (Fsp3) is 1.00. The quantitative estimate of drug-likeness (QED) is 0.541. The van der Waals surface area contributed by atoms with E-state index >= 15 is 0 Å². The minimum absolute atomic E-state index is 0.484. The van der Waals surface area contributed by atoms with E-state index in [2.05, 4.69) is 17.6 Å². The van der Waals surface area contributed by atoms with Crippen molar-refractivity contribution in [1.82, 2.24) is 10.6 Å². The Kier molecular flexibility index (Phi) is 1.90. The third kappa shape index (κ3) is 1.42. The van der Waals surface area contributed by atoms with Gasteiger partial charge in [-0.2, -0.15) is 0 Å². The zero-order valence-corrected chi connectivity index (χ0v) is 7.32. The van der Waals surface area contributed by atoms with Crippen LogP contribution in [0.1, 0.15) is 32.6 Å². The first kappa shape index (κ1) is 7.56. The normalized spacial score (nSPS) is 36.3. The van der Waals surface area contributed by atoms with E-state index in [0.717, 1.165) is 6.54 Å². The number of piperazine rings is 1. The molecule has 2 nitrogen and oxygen atoms in total. The molecule has 1 heterocycles. The van der Waals surface area contributed by atoms with Crippen molar-refractivity contribution in [3.05, 3.63) is 0 Å². The fourth-order valence-corrected chi connectivity index (χ4v) is 2.53. The van der Waals surface area contributed by atoms with Gasteiger partial charge in [0.15, 0.2) is 0 Å². The molecule has 0 bridgehead atoms. The van der Waals surface area contributed by atoms with Crippen LogP contribution in [0.2, 0.25) is 0 Å². The molecule has 1 spiro atoms. The van der Waals surface area contributed by atoms with Gasteiger partial charge < -0.3 is 10.6 Å². The van der Waals surface area contributed by atoms with Crippen LogP contribution in [0.15, 0.2) is 0 Å². The first-order valence-corrected chi connectivity index (χ1v) is 4.79. The Morgan fingerprint density at radius 3 is 2.64 bits per heavy atom. The molecule has 2 aliphatic rings. The van der Waals surface area contributed by atoms with Gasteiger partial charge in [0.1, 0.15) is 0 Å². The lowest BCUT2D eigenvalue weighted by Gasteiger charge is -2.39. The molecule has 0 radical (unpaired) electrons. The summed E-state index contributed by atoms with van der Waals surface area (Å²) < 4.78 is 0. The van der Waals surface area contributed by atoms with Crippen molar-refractivity contribution in [2.75, 3.05) is 13.1 Å². The van der Waals surface area contributed by atoms with E-state index in [1.807, 2.05) is 0 Å². The van der Waals surface area contributed by atoms with Crippen LogP contribution in [0.5, 0.6) is 0 Å². The molecule has 1 atom stereocenters. The third-order valence-corrected chi connectivity index (χ3v) is 3.03. The lowest BCUT2D eigenvalue weighted by atomic mass is 9.94. The molecule has 0 aromatic carbocycles. The van der Waals surface area contributed by atoms with Gasteiger partial charge in [0.2, 0.25) is 0 Å². The van der Waals surface area contributed by atoms with Gasteiger partial charge in [-0.15, -0.1) is 0 Å². The molecule has 1 aliphatic carbocycles. The van der Waals surface area contributed by atoms with Gasteiger partial charge in [0.25, 0.3) is 0 Å². The van der Waals surface area contributed by atoms with Crippen molar-refractivity contribution in [1.29, 1.82) is 0 Å². The van der Waals surface area contributed by atoms with E-state index in [0.29, 0.717) is 11.6 Å². The summed E-state index contributed by atoms with van der Waals surface area (Å²) in [6.07, 6.45) is 5.59. The second-order valence-corrected chi connectivity index (χ2v) is 4.16. The molecule has 2 rings (SSSR count). The van der Waals surface area contributed by atoms with Crippen molar-refractivity contribution in [2.24, 2.45) is 0 Å². The molecule has 11 heavy (non-hydrogen) atoms. The van der Waals surface area contributed by atoms with Crippen LogP contribution in [0.3, 0.4) is 0 Å². The maximum Gasteiger partial charge on any atom is 0.0309 e. The Morgan fingerprint density at radius 2 is 2.00 bits per heavy atom. The molecule has 64 valence electrons. The van der Waals surface area contributed by atoms with Crippen LogP contribution in [0.4, 0.5) is 0 Å². The summed E-state index contributed by atoms with van der Waals surface area (Å²) >= 11 is 0. The van der Waals surface area contributed by atoms with Gasteiger partial charge in [-0.25, -0.2) is 0 Å². The van der Waals surface area contributed by atoms with Crippen molar-refractivity contribution < 1.29 is 0 Å². The summed E-state index contributed by atoms with van der Waals surface area (Å²) in [4.78, 5) is 0. The predicted octanol–water partition coefficient (Wildman–Crippen LogP) is 0.880. The van der Waals surface area contributed by atoms with E-state index in [1.165, 1.54) is 32.2 Å². The molecule has 2 fully saturated rings. The number of hydrogen-bond acceptors (Lipinski definition) is 2. The Balaban J connectivity index is 2.00. The molecule has 2 heteroatoms. The monoisotopic (exact) mass is 154 g/mol. The maximum atomic E-state index is 3.73. The molecule has 0 amide bonds. The van der Waals surface area contributed by atoms with Crippen LogP contribution >= 0.6 is 0 Å². The van der Waals surface area contributed by atoms with E-state index in [1.54, 1.807) is 0 Å². The summed E-state index contributed by atoms with van der Waals surface area (Å²) in [5.74, 6) is 0. The zero-order valence-electron chi connectivity index (χ0n) is 7.32. The average Bonchev–Trinajstić information content (AvgIpc) is 2.37. The van der Waals surface area contributed by atoms with Crippen LogP contribution in [-0.4, -0.2) is 24.7 Å². The fourth-order valence-electron chi connectivity index (χ4n) is 2.53. The molecule has 2 N–H and O–H groups in total. The minimum Gasteiger partial charge on any atom is -0.313 e. The Labute approximate surface area is 68.7 Å². The van der Waals surface area contributed by atoms with Crippen LogP contribution < -0.4 is 10.6 Å². The average molecular weight is 154 g/mol. The highest BCUT2D eigenvalue weighted by Gasteiger charge is 2.36. The third-order valence-electron chi connectivity index (χ3n) is 3.03. The topological polar surface area (TPSA) is 24.1 Å². The highest BCUT2D eigenvalue weighted by atomic mass is 15.1. The SMILES string of the molecule is C[C@H]1CNCC2(CCCC2)N1. The second-order valence-electron chi connectivity index (χ2n) is 4.16. The minimum atomic E-state index is 0.484. The van der Waals surface area contributed by atoms with E-state index in [-0.39, 0.29) is 0 Å². The predicted molar refractivity (Wildman–Crippen MR) is 46.7 cm³/mol. The summed E-state index contributed by atoms with van der Waals surface area (Å²) in [5, 5.41) is 7.23. The first-order valence-electron chi connectivity index (χ1n) is 4.79. The Morgan fingerprint density at radius 1 is 1.27 bits per heavy atom. The summed E-state index contributed by atoms with van der Waals surface area (Å²) in [6.45, 7) is 4.60. The molecule has 1 saturated heterocycles. The van der Waals surface area contributed by atoms with Gasteiger partial charge >= 0.3 is 0 Å². The molecular weight excluding hydrogens is 136 g/mol. The molecule has 0 aromatic rings. The smallest absolute Gasteiger partial charge is 0.0309 e. The zero-order chi connectivity index (χ0) is 7.73. The Bertz CT molecular complexity index is 138. The van der Waals surface area contributed by atoms with Gasteiger partial charge in [-0.1, -0.05) is 12.8 Å². The van der Waals surface area contributed by atoms with Crippen molar-refractivity contribution >= 4 is 0 Å². The molecular formula is C9H18N2.